The molecule has 3 aromatic carbocycles. The average molecular weight is 452 g/mol. The van der Waals surface area contributed by atoms with Gasteiger partial charge in [-0.3, -0.25) is 10.1 Å². The first-order chi connectivity index (χ1) is 15.4. The number of aryl methyl sites for hydroxylation is 1. The molecule has 0 aliphatic carbocycles. The molecule has 166 valence electrons. The Kier molecular flexibility index (Phi) is 6.53. The van der Waals surface area contributed by atoms with E-state index in [0.29, 0.717) is 6.42 Å². The Morgan fingerprint density at radius 1 is 0.969 bits per heavy atom. The van der Waals surface area contributed by atoms with E-state index >= 15 is 0 Å². The number of sulfonamides is 1. The van der Waals surface area contributed by atoms with Crippen LogP contribution >= 0.6 is 0 Å². The highest BCUT2D eigenvalue weighted by Crippen LogP contribution is 2.25. The van der Waals surface area contributed by atoms with Crippen LogP contribution < -0.4 is 9.62 Å². The largest absolute Gasteiger partial charge is 0.367 e. The average Bonchev–Trinajstić information content (AvgIpc) is 2.82. The maximum absolute atomic E-state index is 12.4. The zero-order valence-corrected chi connectivity index (χ0v) is 18.4. The molecule has 0 radical (unpaired) electrons. The summed E-state index contributed by atoms with van der Waals surface area (Å²) < 4.78 is 27.3. The number of anilines is 1. The van der Waals surface area contributed by atoms with Gasteiger partial charge in [0.15, 0.2) is 0 Å². The Morgan fingerprint density at radius 3 is 2.47 bits per heavy atom. The van der Waals surface area contributed by atoms with Crippen LogP contribution in [-0.4, -0.2) is 26.4 Å². The third-order valence-electron chi connectivity index (χ3n) is 5.71. The Bertz CT molecular complexity index is 1210. The van der Waals surface area contributed by atoms with Crippen LogP contribution in [0.4, 0.5) is 11.4 Å². The lowest BCUT2D eigenvalue weighted by atomic mass is 9.99. The molecule has 0 unspecified atom stereocenters. The van der Waals surface area contributed by atoms with E-state index in [0.717, 1.165) is 37.6 Å². The minimum Gasteiger partial charge on any atom is -0.367 e. The first kappa shape index (κ1) is 22.0. The van der Waals surface area contributed by atoms with Gasteiger partial charge in [0.05, 0.1) is 9.82 Å². The second-order valence-corrected chi connectivity index (χ2v) is 9.63. The molecule has 0 fully saturated rings. The molecule has 0 amide bonds. The minimum atomic E-state index is -3.78. The van der Waals surface area contributed by atoms with Crippen LogP contribution in [0.15, 0.2) is 77.7 Å². The van der Waals surface area contributed by atoms with Crippen molar-refractivity contribution in [2.24, 2.45) is 0 Å². The smallest absolute Gasteiger partial charge is 0.270 e. The molecule has 0 atom stereocenters. The van der Waals surface area contributed by atoms with E-state index in [4.69, 9.17) is 0 Å². The number of fused-ring (bicyclic) bond motifs is 1. The molecule has 1 aliphatic rings. The fourth-order valence-electron chi connectivity index (χ4n) is 3.94. The number of nitro benzene ring substituents is 1. The maximum Gasteiger partial charge on any atom is 0.270 e. The molecule has 8 heteroatoms. The van der Waals surface area contributed by atoms with Crippen LogP contribution in [-0.2, 0) is 29.4 Å². The number of nitrogens with zero attached hydrogens (tertiary/aromatic N) is 2. The molecule has 1 aliphatic heterocycles. The van der Waals surface area contributed by atoms with Gasteiger partial charge in [-0.15, -0.1) is 0 Å². The highest BCUT2D eigenvalue weighted by molar-refractivity contribution is 7.89. The standard InChI is InChI=1S/C24H25N3O4S/c28-27(29)23-8-3-9-24(17-23)32(30,31)25-15-4-5-19-10-12-22(13-11-19)26-16-14-20-6-1-2-7-21(20)18-26/h1-3,6-13,17,25H,4-5,14-16,18H2. The number of benzene rings is 3. The van der Waals surface area contributed by atoms with Gasteiger partial charge in [-0.25, -0.2) is 13.1 Å². The summed E-state index contributed by atoms with van der Waals surface area (Å²) in [5.41, 5.74) is 4.88. The van der Waals surface area contributed by atoms with E-state index in [9.17, 15) is 18.5 Å². The highest BCUT2D eigenvalue weighted by Gasteiger charge is 2.18. The van der Waals surface area contributed by atoms with Crippen molar-refractivity contribution < 1.29 is 13.3 Å². The van der Waals surface area contributed by atoms with Gasteiger partial charge >= 0.3 is 0 Å². The molecule has 0 saturated heterocycles. The summed E-state index contributed by atoms with van der Waals surface area (Å²) in [7, 11) is -3.78. The van der Waals surface area contributed by atoms with Gasteiger partial charge in [-0.2, -0.15) is 0 Å². The molecule has 32 heavy (non-hydrogen) atoms. The number of hydrogen-bond donors (Lipinski definition) is 1. The number of rotatable bonds is 8. The van der Waals surface area contributed by atoms with E-state index in [1.807, 2.05) is 0 Å². The molecule has 0 bridgehead atoms. The van der Waals surface area contributed by atoms with Crippen molar-refractivity contribution in [2.75, 3.05) is 18.0 Å². The van der Waals surface area contributed by atoms with Gasteiger partial charge < -0.3 is 4.90 Å². The molecule has 3 aromatic rings. The van der Waals surface area contributed by atoms with Crippen LogP contribution in [0.25, 0.3) is 0 Å². The van der Waals surface area contributed by atoms with Crippen LogP contribution in [0.3, 0.4) is 0 Å². The zero-order chi connectivity index (χ0) is 22.6. The molecule has 0 aromatic heterocycles. The predicted octanol–water partition coefficient (Wildman–Crippen LogP) is 4.07. The minimum absolute atomic E-state index is 0.0980. The highest BCUT2D eigenvalue weighted by atomic mass is 32.2. The van der Waals surface area contributed by atoms with Crippen LogP contribution in [0, 0.1) is 10.1 Å². The van der Waals surface area contributed by atoms with Crippen LogP contribution in [0.2, 0.25) is 0 Å². The summed E-state index contributed by atoms with van der Waals surface area (Å²) in [6.07, 6.45) is 2.41. The maximum atomic E-state index is 12.4. The van der Waals surface area contributed by atoms with E-state index in [-0.39, 0.29) is 17.1 Å². The molecule has 1 heterocycles. The fraction of sp³-hybridized carbons (Fsp3) is 0.250. The van der Waals surface area contributed by atoms with Gasteiger partial charge in [0, 0.05) is 37.5 Å². The van der Waals surface area contributed by atoms with E-state index in [2.05, 4.69) is 58.2 Å². The molecular formula is C24H25N3O4S. The SMILES string of the molecule is O=[N+]([O-])c1cccc(S(=O)(=O)NCCCc2ccc(N3CCc4ccccc4C3)cc2)c1. The van der Waals surface area contributed by atoms with Gasteiger partial charge in [0.2, 0.25) is 10.0 Å². The van der Waals surface area contributed by atoms with Crippen LogP contribution in [0.1, 0.15) is 23.1 Å². The number of hydrogen-bond acceptors (Lipinski definition) is 5. The van der Waals surface area contributed by atoms with Crippen molar-refractivity contribution in [1.82, 2.24) is 4.72 Å². The zero-order valence-electron chi connectivity index (χ0n) is 17.6. The van der Waals surface area contributed by atoms with Crippen LogP contribution in [0.5, 0.6) is 0 Å². The number of non-ortho nitro benzene ring substituents is 1. The van der Waals surface area contributed by atoms with Crippen molar-refractivity contribution in [2.45, 2.75) is 30.7 Å². The quantitative estimate of drug-likeness (QED) is 0.317. The molecule has 0 spiro atoms. The third-order valence-corrected chi connectivity index (χ3v) is 7.16. The van der Waals surface area contributed by atoms with E-state index in [1.165, 1.54) is 35.0 Å². The summed E-state index contributed by atoms with van der Waals surface area (Å²) in [4.78, 5) is 12.5. The summed E-state index contributed by atoms with van der Waals surface area (Å²) >= 11 is 0. The van der Waals surface area contributed by atoms with Crippen molar-refractivity contribution in [3.63, 3.8) is 0 Å². The van der Waals surface area contributed by atoms with Crippen molar-refractivity contribution >= 4 is 21.4 Å². The number of nitrogens with one attached hydrogen (secondary N) is 1. The lowest BCUT2D eigenvalue weighted by molar-refractivity contribution is -0.385. The van der Waals surface area contributed by atoms with Crippen molar-refractivity contribution in [3.8, 4) is 0 Å². The first-order valence-corrected chi connectivity index (χ1v) is 12.1. The molecule has 1 N–H and O–H groups in total. The monoisotopic (exact) mass is 451 g/mol. The van der Waals surface area contributed by atoms with Crippen molar-refractivity contribution in [1.29, 1.82) is 0 Å². The second-order valence-electron chi connectivity index (χ2n) is 7.86. The molecule has 7 nitrogen and oxygen atoms in total. The Balaban J connectivity index is 1.29. The molecule has 4 rings (SSSR count). The Morgan fingerprint density at radius 2 is 1.72 bits per heavy atom. The summed E-state index contributed by atoms with van der Waals surface area (Å²) in [6.45, 7) is 2.17. The number of nitro groups is 1. The molecule has 0 saturated carbocycles. The lowest BCUT2D eigenvalue weighted by Gasteiger charge is -2.30. The fourth-order valence-corrected chi connectivity index (χ4v) is 5.05. The Labute approximate surface area is 187 Å². The third kappa shape index (κ3) is 5.15. The van der Waals surface area contributed by atoms with E-state index in [1.54, 1.807) is 0 Å². The summed E-state index contributed by atoms with van der Waals surface area (Å²) in [6, 6.07) is 22.0. The first-order valence-electron chi connectivity index (χ1n) is 10.6. The lowest BCUT2D eigenvalue weighted by Crippen LogP contribution is -2.30. The van der Waals surface area contributed by atoms with Gasteiger partial charge in [-0.1, -0.05) is 42.5 Å². The van der Waals surface area contributed by atoms with Gasteiger partial charge in [-0.05, 0) is 54.2 Å². The summed E-state index contributed by atoms with van der Waals surface area (Å²) in [5, 5.41) is 10.9. The normalized spacial score (nSPS) is 13.6. The second kappa shape index (κ2) is 9.50. The van der Waals surface area contributed by atoms with Gasteiger partial charge in [0.25, 0.3) is 5.69 Å². The topological polar surface area (TPSA) is 92.5 Å². The van der Waals surface area contributed by atoms with E-state index < -0.39 is 14.9 Å². The predicted molar refractivity (Wildman–Crippen MR) is 124 cm³/mol. The van der Waals surface area contributed by atoms with Crippen molar-refractivity contribution in [3.05, 3.63) is 99.6 Å². The van der Waals surface area contributed by atoms with Gasteiger partial charge in [0.1, 0.15) is 0 Å². The summed E-state index contributed by atoms with van der Waals surface area (Å²) in [5.74, 6) is 0. The Hall–Kier alpha value is -3.23. The molecular weight excluding hydrogens is 426 g/mol.